The van der Waals surface area contributed by atoms with E-state index in [0.29, 0.717) is 12.4 Å². The Bertz CT molecular complexity index is 1160. The first-order valence-corrected chi connectivity index (χ1v) is 10.3. The fraction of sp³-hybridized carbons (Fsp3) is 0.304. The molecule has 1 fully saturated rings. The Balaban J connectivity index is 1.38. The molecular formula is C23H22FN5O2. The largest absolute Gasteiger partial charge is 0.338 e. The van der Waals surface area contributed by atoms with E-state index in [9.17, 15) is 14.0 Å². The van der Waals surface area contributed by atoms with Crippen molar-refractivity contribution in [1.29, 1.82) is 0 Å². The van der Waals surface area contributed by atoms with E-state index in [2.05, 4.69) is 22.3 Å². The highest BCUT2D eigenvalue weighted by Crippen LogP contribution is 2.58. The third-order valence-electron chi connectivity index (χ3n) is 6.33. The minimum Gasteiger partial charge on any atom is -0.338 e. The maximum absolute atomic E-state index is 14.5. The quantitative estimate of drug-likeness (QED) is 0.705. The van der Waals surface area contributed by atoms with Crippen LogP contribution in [-0.2, 0) is 11.3 Å². The van der Waals surface area contributed by atoms with Crippen molar-refractivity contribution in [2.45, 2.75) is 25.4 Å². The summed E-state index contributed by atoms with van der Waals surface area (Å²) in [5, 5.41) is 6.88. The van der Waals surface area contributed by atoms with E-state index in [0.717, 1.165) is 11.1 Å². The van der Waals surface area contributed by atoms with Gasteiger partial charge in [0.2, 0.25) is 0 Å². The molecule has 3 heterocycles. The molecule has 0 bridgehead atoms. The number of likely N-dealkylation sites (N-methyl/N-ethyl adjacent to an activating group) is 1. The van der Waals surface area contributed by atoms with Crippen LogP contribution in [0.2, 0.25) is 0 Å². The zero-order valence-corrected chi connectivity index (χ0v) is 17.2. The van der Waals surface area contributed by atoms with Gasteiger partial charge in [-0.2, -0.15) is 5.10 Å². The summed E-state index contributed by atoms with van der Waals surface area (Å²) in [7, 11) is 1.65. The van der Waals surface area contributed by atoms with Crippen LogP contribution >= 0.6 is 0 Å². The van der Waals surface area contributed by atoms with Gasteiger partial charge in [0.1, 0.15) is 11.9 Å². The third kappa shape index (κ3) is 3.28. The molecule has 2 amide bonds. The van der Waals surface area contributed by atoms with Crippen molar-refractivity contribution in [3.63, 3.8) is 0 Å². The van der Waals surface area contributed by atoms with Crippen LogP contribution in [0.15, 0.2) is 54.9 Å². The molecule has 158 valence electrons. The lowest BCUT2D eigenvalue weighted by atomic mass is 10.1. The number of aromatic nitrogens is 3. The SMILES string of the molecule is C[C@H]1[C@H]2c3cccnc3N(C)C(=O)[C@@H](NC(=O)c3nn(Cc4ccccc4)cc3F)[C@@H]12. The van der Waals surface area contributed by atoms with Gasteiger partial charge in [-0.05, 0) is 34.9 Å². The van der Waals surface area contributed by atoms with Crippen LogP contribution in [0.1, 0.15) is 34.5 Å². The van der Waals surface area contributed by atoms with Crippen molar-refractivity contribution < 1.29 is 14.0 Å². The van der Waals surface area contributed by atoms with E-state index in [1.807, 2.05) is 42.5 Å². The summed E-state index contributed by atoms with van der Waals surface area (Å²) in [6.45, 7) is 2.40. The minimum absolute atomic E-state index is 0.0567. The monoisotopic (exact) mass is 419 g/mol. The van der Waals surface area contributed by atoms with E-state index in [-0.39, 0.29) is 29.4 Å². The summed E-state index contributed by atoms with van der Waals surface area (Å²) < 4.78 is 15.9. The fourth-order valence-electron chi connectivity index (χ4n) is 4.69. The predicted molar refractivity (Wildman–Crippen MR) is 112 cm³/mol. The summed E-state index contributed by atoms with van der Waals surface area (Å²) in [6.07, 6.45) is 2.85. The Hall–Kier alpha value is -3.55. The highest BCUT2D eigenvalue weighted by molar-refractivity contribution is 6.02. The number of anilines is 1. The van der Waals surface area contributed by atoms with Crippen LogP contribution in [0.3, 0.4) is 0 Å². The fourth-order valence-corrected chi connectivity index (χ4v) is 4.69. The zero-order valence-electron chi connectivity index (χ0n) is 17.2. The van der Waals surface area contributed by atoms with Gasteiger partial charge in [0.05, 0.1) is 12.7 Å². The zero-order chi connectivity index (χ0) is 21.7. The average molecular weight is 419 g/mol. The number of carbonyl (C=O) groups is 2. The Morgan fingerprint density at radius 1 is 1.19 bits per heavy atom. The van der Waals surface area contributed by atoms with E-state index < -0.39 is 17.8 Å². The second kappa shape index (κ2) is 7.30. The number of amides is 2. The molecule has 0 saturated heterocycles. The number of nitrogens with one attached hydrogen (secondary N) is 1. The van der Waals surface area contributed by atoms with Crippen molar-refractivity contribution in [2.75, 3.05) is 11.9 Å². The van der Waals surface area contributed by atoms with Crippen LogP contribution < -0.4 is 10.2 Å². The van der Waals surface area contributed by atoms with Crippen LogP contribution in [-0.4, -0.2) is 39.7 Å². The Labute approximate surface area is 178 Å². The summed E-state index contributed by atoms with van der Waals surface area (Å²) >= 11 is 0. The molecule has 4 atom stereocenters. The van der Waals surface area contributed by atoms with E-state index in [1.54, 1.807) is 13.2 Å². The molecule has 0 unspecified atom stereocenters. The molecule has 1 N–H and O–H groups in total. The van der Waals surface area contributed by atoms with Gasteiger partial charge in [0.25, 0.3) is 11.8 Å². The smallest absolute Gasteiger partial charge is 0.275 e. The molecule has 3 aromatic rings. The molecule has 7 nitrogen and oxygen atoms in total. The van der Waals surface area contributed by atoms with Crippen molar-refractivity contribution in [1.82, 2.24) is 20.1 Å². The molecule has 1 aliphatic carbocycles. The number of carbonyl (C=O) groups excluding carboxylic acids is 2. The van der Waals surface area contributed by atoms with Crippen molar-refractivity contribution in [2.24, 2.45) is 11.8 Å². The Kier molecular flexibility index (Phi) is 4.57. The number of fused-ring (bicyclic) bond motifs is 3. The lowest BCUT2D eigenvalue weighted by Crippen LogP contribution is -2.49. The van der Waals surface area contributed by atoms with Crippen LogP contribution in [0, 0.1) is 17.7 Å². The van der Waals surface area contributed by atoms with E-state index >= 15 is 0 Å². The van der Waals surface area contributed by atoms with Crippen molar-refractivity contribution in [3.8, 4) is 0 Å². The van der Waals surface area contributed by atoms with Crippen LogP contribution in [0.5, 0.6) is 0 Å². The second-order valence-corrected chi connectivity index (χ2v) is 8.24. The van der Waals surface area contributed by atoms with Gasteiger partial charge in [-0.3, -0.25) is 19.2 Å². The number of pyridine rings is 1. The Morgan fingerprint density at radius 2 is 1.97 bits per heavy atom. The number of benzene rings is 1. The topological polar surface area (TPSA) is 80.1 Å². The van der Waals surface area contributed by atoms with Crippen molar-refractivity contribution >= 4 is 17.6 Å². The van der Waals surface area contributed by atoms with E-state index in [1.165, 1.54) is 15.8 Å². The number of nitrogens with zero attached hydrogens (tertiary/aromatic N) is 4. The Morgan fingerprint density at radius 3 is 2.74 bits per heavy atom. The standard InChI is InChI=1S/C23H22FN5O2/c1-13-17-15-9-6-10-25-21(15)28(2)23(31)20(18(13)17)26-22(30)19-16(24)12-29(27-19)11-14-7-4-3-5-8-14/h3-10,12-13,17-18,20H,11H2,1-2H3,(H,26,30)/t13-,17-,18-,20-/m0/s1. The molecule has 1 aromatic carbocycles. The normalized spacial score (nSPS) is 24.2. The van der Waals surface area contributed by atoms with Crippen LogP contribution in [0.4, 0.5) is 10.2 Å². The highest BCUT2D eigenvalue weighted by atomic mass is 19.1. The summed E-state index contributed by atoms with van der Waals surface area (Å²) in [5.74, 6) is -0.759. The van der Waals surface area contributed by atoms with Gasteiger partial charge < -0.3 is 5.32 Å². The first-order chi connectivity index (χ1) is 15.0. The number of hydrogen-bond acceptors (Lipinski definition) is 4. The average Bonchev–Trinajstić information content (AvgIpc) is 3.31. The molecular weight excluding hydrogens is 397 g/mol. The maximum atomic E-state index is 14.5. The molecule has 2 aromatic heterocycles. The minimum atomic E-state index is -0.759. The number of halogens is 1. The molecule has 1 saturated carbocycles. The predicted octanol–water partition coefficient (Wildman–Crippen LogP) is 2.59. The van der Waals surface area contributed by atoms with Gasteiger partial charge in [0, 0.05) is 13.2 Å². The van der Waals surface area contributed by atoms with E-state index in [4.69, 9.17) is 0 Å². The van der Waals surface area contributed by atoms with Crippen LogP contribution in [0.25, 0.3) is 0 Å². The summed E-state index contributed by atoms with van der Waals surface area (Å²) in [4.78, 5) is 31.9. The van der Waals surface area contributed by atoms with Gasteiger partial charge in [-0.1, -0.05) is 43.3 Å². The third-order valence-corrected chi connectivity index (χ3v) is 6.33. The molecule has 2 aliphatic rings. The lowest BCUT2D eigenvalue weighted by molar-refractivity contribution is -0.120. The molecule has 0 radical (unpaired) electrons. The van der Waals surface area contributed by atoms with Gasteiger partial charge >= 0.3 is 0 Å². The molecule has 0 spiro atoms. The first kappa shape index (κ1) is 19.4. The maximum Gasteiger partial charge on any atom is 0.275 e. The molecule has 5 rings (SSSR count). The first-order valence-electron chi connectivity index (χ1n) is 10.3. The van der Waals surface area contributed by atoms with Gasteiger partial charge in [0.15, 0.2) is 11.5 Å². The van der Waals surface area contributed by atoms with Gasteiger partial charge in [-0.25, -0.2) is 9.37 Å². The molecule has 1 aliphatic heterocycles. The molecule has 31 heavy (non-hydrogen) atoms. The number of rotatable bonds is 4. The van der Waals surface area contributed by atoms with Gasteiger partial charge in [-0.15, -0.1) is 0 Å². The highest BCUT2D eigenvalue weighted by Gasteiger charge is 2.58. The second-order valence-electron chi connectivity index (χ2n) is 8.24. The summed E-state index contributed by atoms with van der Waals surface area (Å²) in [6, 6.07) is 12.5. The number of hydrogen-bond donors (Lipinski definition) is 1. The lowest BCUT2D eigenvalue weighted by Gasteiger charge is -2.23. The van der Waals surface area contributed by atoms with Crippen molar-refractivity contribution in [3.05, 3.63) is 77.5 Å². The molecule has 8 heteroatoms. The summed E-state index contributed by atoms with van der Waals surface area (Å²) in [5.41, 5.74) is 1.64.